The van der Waals surface area contributed by atoms with E-state index in [1.165, 1.54) is 5.56 Å². The van der Waals surface area contributed by atoms with Gasteiger partial charge < -0.3 is 20.1 Å². The highest BCUT2D eigenvalue weighted by Gasteiger charge is 2.33. The maximum atomic E-state index is 12.4. The second-order valence-electron chi connectivity index (χ2n) is 7.34. The second-order valence-corrected chi connectivity index (χ2v) is 7.34. The molecule has 25 heavy (non-hydrogen) atoms. The Kier molecular flexibility index (Phi) is 7.12. The average molecular weight is 348 g/mol. The number of amides is 2. The third-order valence-corrected chi connectivity index (χ3v) is 5.54. The van der Waals surface area contributed by atoms with E-state index < -0.39 is 0 Å². The zero-order valence-corrected chi connectivity index (χ0v) is 15.8. The number of urea groups is 1. The van der Waals surface area contributed by atoms with Crippen LogP contribution in [0.25, 0.3) is 0 Å². The molecule has 0 aromatic heterocycles. The van der Waals surface area contributed by atoms with Crippen molar-refractivity contribution in [1.29, 1.82) is 0 Å². The first-order valence-electron chi connectivity index (χ1n) is 9.28. The first kappa shape index (κ1) is 19.6. The Bertz CT molecular complexity index is 530. The molecule has 0 saturated carbocycles. The number of piperidine rings is 1. The molecule has 1 aliphatic rings. The Labute approximate surface area is 151 Å². The zero-order chi connectivity index (χ0) is 18.3. The molecule has 140 valence electrons. The van der Waals surface area contributed by atoms with Gasteiger partial charge in [0.15, 0.2) is 0 Å². The summed E-state index contributed by atoms with van der Waals surface area (Å²) in [6.07, 6.45) is 3.66. The number of nitrogens with one attached hydrogen (secondary N) is 1. The van der Waals surface area contributed by atoms with Gasteiger partial charge in [0, 0.05) is 26.2 Å². The van der Waals surface area contributed by atoms with Gasteiger partial charge in [-0.05, 0) is 54.7 Å². The van der Waals surface area contributed by atoms with Crippen molar-refractivity contribution in [3.8, 4) is 5.75 Å². The summed E-state index contributed by atoms with van der Waals surface area (Å²) in [6.45, 7) is 6.61. The first-order chi connectivity index (χ1) is 12.0. The average Bonchev–Trinajstić information content (AvgIpc) is 2.66. The Balaban J connectivity index is 1.74. The summed E-state index contributed by atoms with van der Waals surface area (Å²) < 4.78 is 5.17. The number of benzene rings is 1. The maximum Gasteiger partial charge on any atom is 0.317 e. The summed E-state index contributed by atoms with van der Waals surface area (Å²) in [4.78, 5) is 14.2. The summed E-state index contributed by atoms with van der Waals surface area (Å²) in [5.74, 6) is 1.23. The molecule has 1 atom stereocenters. The van der Waals surface area contributed by atoms with E-state index in [2.05, 4.69) is 31.3 Å². The fourth-order valence-corrected chi connectivity index (χ4v) is 3.42. The van der Waals surface area contributed by atoms with Gasteiger partial charge in [0.1, 0.15) is 5.75 Å². The van der Waals surface area contributed by atoms with E-state index in [1.54, 1.807) is 7.11 Å². The molecule has 1 unspecified atom stereocenters. The molecule has 1 fully saturated rings. The number of hydrogen-bond acceptors (Lipinski definition) is 3. The van der Waals surface area contributed by atoms with Gasteiger partial charge in [-0.2, -0.15) is 0 Å². The molecule has 2 rings (SSSR count). The lowest BCUT2D eigenvalue weighted by molar-refractivity contribution is 0.0518. The summed E-state index contributed by atoms with van der Waals surface area (Å²) in [5.41, 5.74) is 1.26. The number of aliphatic hydroxyl groups excluding tert-OH is 1. The molecule has 0 radical (unpaired) electrons. The van der Waals surface area contributed by atoms with E-state index in [-0.39, 0.29) is 18.1 Å². The van der Waals surface area contributed by atoms with Crippen LogP contribution in [0.1, 0.15) is 38.7 Å². The molecular formula is C20H32N2O3. The minimum absolute atomic E-state index is 0.0123. The molecule has 5 nitrogen and oxygen atoms in total. The molecule has 5 heteroatoms. The van der Waals surface area contributed by atoms with E-state index in [0.29, 0.717) is 12.5 Å². The van der Waals surface area contributed by atoms with Crippen molar-refractivity contribution in [3.05, 3.63) is 29.8 Å². The Morgan fingerprint density at radius 3 is 2.48 bits per heavy atom. The van der Waals surface area contributed by atoms with E-state index in [0.717, 1.165) is 44.5 Å². The highest BCUT2D eigenvalue weighted by Crippen LogP contribution is 2.34. The number of nitrogens with zero attached hydrogens (tertiary/aromatic N) is 1. The van der Waals surface area contributed by atoms with Crippen molar-refractivity contribution in [3.63, 3.8) is 0 Å². The van der Waals surface area contributed by atoms with Gasteiger partial charge >= 0.3 is 6.03 Å². The number of carbonyl (C=O) groups is 1. The molecule has 2 N–H and O–H groups in total. The molecule has 1 heterocycles. The Morgan fingerprint density at radius 2 is 1.96 bits per heavy atom. The smallest absolute Gasteiger partial charge is 0.317 e. The van der Waals surface area contributed by atoms with Crippen LogP contribution in [0.2, 0.25) is 0 Å². The Hall–Kier alpha value is -1.75. The topological polar surface area (TPSA) is 61.8 Å². The van der Waals surface area contributed by atoms with Crippen LogP contribution in [0.5, 0.6) is 5.75 Å². The minimum Gasteiger partial charge on any atom is -0.497 e. The number of likely N-dealkylation sites (tertiary alicyclic amines) is 1. The van der Waals surface area contributed by atoms with Crippen molar-refractivity contribution in [2.45, 2.75) is 39.5 Å². The molecule has 1 saturated heterocycles. The van der Waals surface area contributed by atoms with Crippen LogP contribution >= 0.6 is 0 Å². The van der Waals surface area contributed by atoms with Crippen LogP contribution in [-0.2, 0) is 6.42 Å². The minimum atomic E-state index is 0.0123. The lowest BCUT2D eigenvalue weighted by Crippen LogP contribution is -2.49. The van der Waals surface area contributed by atoms with E-state index in [1.807, 2.05) is 17.0 Å². The summed E-state index contributed by atoms with van der Waals surface area (Å²) in [7, 11) is 1.67. The molecule has 1 aromatic carbocycles. The van der Waals surface area contributed by atoms with Gasteiger partial charge in [0.25, 0.3) is 0 Å². The van der Waals surface area contributed by atoms with Crippen LogP contribution in [0.15, 0.2) is 24.3 Å². The zero-order valence-electron chi connectivity index (χ0n) is 15.8. The number of ether oxygens (including phenoxy) is 1. The van der Waals surface area contributed by atoms with Crippen molar-refractivity contribution in [2.75, 3.05) is 33.4 Å². The fraction of sp³-hybridized carbons (Fsp3) is 0.650. The van der Waals surface area contributed by atoms with Gasteiger partial charge in [-0.1, -0.05) is 26.0 Å². The predicted molar refractivity (Wildman–Crippen MR) is 99.9 cm³/mol. The molecule has 0 bridgehead atoms. The number of methoxy groups -OCH3 is 1. The van der Waals surface area contributed by atoms with Crippen LogP contribution in [0.4, 0.5) is 4.79 Å². The standard InChI is InChI=1S/C20H32N2O3/c1-4-20(15-23)9-11-22(12-10-20)19(24)21-14-16(2)13-17-5-7-18(25-3)8-6-17/h5-8,16,23H,4,9-15H2,1-3H3,(H,21,24). The van der Waals surface area contributed by atoms with Gasteiger partial charge in [-0.25, -0.2) is 4.79 Å². The van der Waals surface area contributed by atoms with Gasteiger partial charge in [-0.3, -0.25) is 0 Å². The SMILES string of the molecule is CCC1(CO)CCN(C(=O)NCC(C)Cc2ccc(OC)cc2)CC1. The molecule has 2 amide bonds. The van der Waals surface area contributed by atoms with Crippen LogP contribution in [0, 0.1) is 11.3 Å². The van der Waals surface area contributed by atoms with Gasteiger partial charge in [0.05, 0.1) is 7.11 Å². The van der Waals surface area contributed by atoms with Crippen molar-refractivity contribution in [1.82, 2.24) is 10.2 Å². The third kappa shape index (κ3) is 5.36. The normalized spacial score (nSPS) is 17.8. The number of aliphatic hydroxyl groups is 1. The summed E-state index contributed by atoms with van der Waals surface area (Å²) >= 11 is 0. The molecule has 0 spiro atoms. The van der Waals surface area contributed by atoms with Gasteiger partial charge in [0.2, 0.25) is 0 Å². The molecular weight excluding hydrogens is 316 g/mol. The maximum absolute atomic E-state index is 12.4. The fourth-order valence-electron chi connectivity index (χ4n) is 3.42. The predicted octanol–water partition coefficient (Wildman–Crippen LogP) is 3.07. The monoisotopic (exact) mass is 348 g/mol. The third-order valence-electron chi connectivity index (χ3n) is 5.54. The van der Waals surface area contributed by atoms with Crippen molar-refractivity contribution >= 4 is 6.03 Å². The van der Waals surface area contributed by atoms with E-state index >= 15 is 0 Å². The Morgan fingerprint density at radius 1 is 1.32 bits per heavy atom. The molecule has 1 aromatic rings. The first-order valence-corrected chi connectivity index (χ1v) is 9.28. The summed E-state index contributed by atoms with van der Waals surface area (Å²) in [6, 6.07) is 8.09. The van der Waals surface area contributed by atoms with Crippen molar-refractivity contribution < 1.29 is 14.6 Å². The van der Waals surface area contributed by atoms with Crippen molar-refractivity contribution in [2.24, 2.45) is 11.3 Å². The number of carbonyl (C=O) groups excluding carboxylic acids is 1. The van der Waals surface area contributed by atoms with Crippen LogP contribution in [-0.4, -0.2) is 49.4 Å². The quantitative estimate of drug-likeness (QED) is 0.796. The highest BCUT2D eigenvalue weighted by atomic mass is 16.5. The molecule has 1 aliphatic heterocycles. The largest absolute Gasteiger partial charge is 0.497 e. The lowest BCUT2D eigenvalue weighted by atomic mass is 9.77. The van der Waals surface area contributed by atoms with Crippen LogP contribution < -0.4 is 10.1 Å². The number of rotatable bonds is 7. The lowest BCUT2D eigenvalue weighted by Gasteiger charge is -2.40. The van der Waals surface area contributed by atoms with E-state index in [4.69, 9.17) is 4.74 Å². The highest BCUT2D eigenvalue weighted by molar-refractivity contribution is 5.74. The number of hydrogen-bond donors (Lipinski definition) is 2. The van der Waals surface area contributed by atoms with Gasteiger partial charge in [-0.15, -0.1) is 0 Å². The second kappa shape index (κ2) is 9.09. The van der Waals surface area contributed by atoms with E-state index in [9.17, 15) is 9.90 Å². The molecule has 0 aliphatic carbocycles. The van der Waals surface area contributed by atoms with Crippen LogP contribution in [0.3, 0.4) is 0 Å². The summed E-state index contributed by atoms with van der Waals surface area (Å²) in [5, 5.41) is 12.6.